The Morgan fingerprint density at radius 1 is 1.38 bits per heavy atom. The molecule has 4 rings (SSSR count). The van der Waals surface area contributed by atoms with Gasteiger partial charge in [0.15, 0.2) is 28.6 Å². The van der Waals surface area contributed by atoms with E-state index in [1.807, 2.05) is 18.2 Å². The molecule has 2 fully saturated rings. The summed E-state index contributed by atoms with van der Waals surface area (Å²) in [6, 6.07) is 5.57. The topological polar surface area (TPSA) is 127 Å². The van der Waals surface area contributed by atoms with Gasteiger partial charge in [-0.15, -0.1) is 11.3 Å². The van der Waals surface area contributed by atoms with Crippen molar-refractivity contribution in [1.29, 1.82) is 0 Å². The minimum Gasteiger partial charge on any atom is -0.493 e. The average molecular weight is 461 g/mol. The fourth-order valence-corrected chi connectivity index (χ4v) is 4.43. The first kappa shape index (κ1) is 22.0. The van der Waals surface area contributed by atoms with Crippen LogP contribution in [-0.4, -0.2) is 65.9 Å². The zero-order valence-corrected chi connectivity index (χ0v) is 18.2. The molecule has 2 amide bonds. The number of likely N-dealkylation sites (tertiary alicyclic amines) is 1. The number of nitrogens with zero attached hydrogens (tertiary/aromatic N) is 2. The summed E-state index contributed by atoms with van der Waals surface area (Å²) in [5, 5.41) is 13.0. The number of rotatable bonds is 8. The number of amides is 2. The Bertz CT molecular complexity index is 1020. The average Bonchev–Trinajstić information content (AvgIpc) is 3.51. The van der Waals surface area contributed by atoms with Crippen LogP contribution in [0.15, 0.2) is 23.6 Å². The molecule has 1 aromatic heterocycles. The molecule has 2 saturated heterocycles. The molecule has 0 spiro atoms. The third-order valence-electron chi connectivity index (χ3n) is 5.32. The van der Waals surface area contributed by atoms with E-state index >= 15 is 0 Å². The maximum absolute atomic E-state index is 12.5. The summed E-state index contributed by atoms with van der Waals surface area (Å²) < 4.78 is 16.9. The van der Waals surface area contributed by atoms with Gasteiger partial charge in [0.05, 0.1) is 20.3 Å². The van der Waals surface area contributed by atoms with Gasteiger partial charge in [0.2, 0.25) is 11.8 Å². The maximum atomic E-state index is 12.5. The van der Waals surface area contributed by atoms with Crippen LogP contribution in [0.1, 0.15) is 41.2 Å². The number of aromatic carboxylic acids is 1. The number of carbonyl (C=O) groups excluding carboxylic acids is 2. The molecule has 0 radical (unpaired) electrons. The van der Waals surface area contributed by atoms with E-state index in [0.29, 0.717) is 24.7 Å². The number of aromatic nitrogens is 1. The first-order valence-electron chi connectivity index (χ1n) is 10.2. The first-order chi connectivity index (χ1) is 15.4. The van der Waals surface area contributed by atoms with Gasteiger partial charge < -0.3 is 29.5 Å². The van der Waals surface area contributed by atoms with E-state index in [2.05, 4.69) is 10.3 Å². The predicted molar refractivity (Wildman–Crippen MR) is 114 cm³/mol. The molecule has 1 aromatic carbocycles. The SMILES string of the molecule is COc1ccc([C@@H]2CC(=O)N(CC(=O)Nc3nc(C(=O)O)cs3)C2)cc1OC1CCCO1. The van der Waals surface area contributed by atoms with Crippen LogP contribution in [-0.2, 0) is 14.3 Å². The molecule has 2 aliphatic heterocycles. The minimum atomic E-state index is -1.17. The van der Waals surface area contributed by atoms with Crippen molar-refractivity contribution in [3.05, 3.63) is 34.8 Å². The highest BCUT2D eigenvalue weighted by Gasteiger charge is 2.32. The third kappa shape index (κ3) is 5.00. The summed E-state index contributed by atoms with van der Waals surface area (Å²) in [6.45, 7) is 0.919. The zero-order chi connectivity index (χ0) is 22.7. The molecule has 0 bridgehead atoms. The Labute approximate surface area is 188 Å². The summed E-state index contributed by atoms with van der Waals surface area (Å²) in [6.07, 6.45) is 1.72. The van der Waals surface area contributed by atoms with Gasteiger partial charge in [-0.05, 0) is 24.1 Å². The van der Waals surface area contributed by atoms with Crippen LogP contribution < -0.4 is 14.8 Å². The van der Waals surface area contributed by atoms with E-state index < -0.39 is 11.9 Å². The van der Waals surface area contributed by atoms with Crippen LogP contribution >= 0.6 is 11.3 Å². The number of hydrogen-bond acceptors (Lipinski definition) is 8. The lowest BCUT2D eigenvalue weighted by Gasteiger charge is -2.19. The van der Waals surface area contributed by atoms with Crippen molar-refractivity contribution in [1.82, 2.24) is 9.88 Å². The van der Waals surface area contributed by atoms with Crippen LogP contribution in [0.4, 0.5) is 5.13 Å². The van der Waals surface area contributed by atoms with E-state index in [4.69, 9.17) is 19.3 Å². The molecule has 2 aliphatic rings. The second kappa shape index (κ2) is 9.53. The molecule has 1 unspecified atom stereocenters. The zero-order valence-electron chi connectivity index (χ0n) is 17.4. The van der Waals surface area contributed by atoms with Gasteiger partial charge in [-0.25, -0.2) is 9.78 Å². The van der Waals surface area contributed by atoms with Gasteiger partial charge in [0.1, 0.15) is 0 Å². The van der Waals surface area contributed by atoms with Gasteiger partial charge in [-0.3, -0.25) is 9.59 Å². The number of ether oxygens (including phenoxy) is 3. The van der Waals surface area contributed by atoms with Crippen molar-refractivity contribution in [2.45, 2.75) is 31.5 Å². The molecular formula is C21H23N3O7S. The summed E-state index contributed by atoms with van der Waals surface area (Å²) in [5.74, 6) is -0.656. The lowest BCUT2D eigenvalue weighted by molar-refractivity contribution is -0.131. The number of carbonyl (C=O) groups is 3. The van der Waals surface area contributed by atoms with Crippen LogP contribution in [0, 0.1) is 0 Å². The Kier molecular flexibility index (Phi) is 6.56. The maximum Gasteiger partial charge on any atom is 0.355 e. The Morgan fingerprint density at radius 3 is 2.91 bits per heavy atom. The quantitative estimate of drug-likeness (QED) is 0.613. The van der Waals surface area contributed by atoms with E-state index in [1.165, 1.54) is 10.3 Å². The largest absolute Gasteiger partial charge is 0.493 e. The summed E-state index contributed by atoms with van der Waals surface area (Å²) in [4.78, 5) is 41.0. The summed E-state index contributed by atoms with van der Waals surface area (Å²) >= 11 is 1.02. The molecule has 2 aromatic rings. The molecular weight excluding hydrogens is 438 g/mol. The molecule has 2 N–H and O–H groups in total. The van der Waals surface area contributed by atoms with Gasteiger partial charge >= 0.3 is 5.97 Å². The normalized spacial score (nSPS) is 20.4. The molecule has 3 heterocycles. The van der Waals surface area contributed by atoms with Crippen LogP contribution in [0.25, 0.3) is 0 Å². The number of carboxylic acid groups (broad SMARTS) is 1. The Balaban J connectivity index is 1.39. The van der Waals surface area contributed by atoms with Crippen LogP contribution in [0.5, 0.6) is 11.5 Å². The minimum absolute atomic E-state index is 0.0912. The van der Waals surface area contributed by atoms with Crippen molar-refractivity contribution in [2.75, 3.05) is 32.1 Å². The number of thiazole rings is 1. The van der Waals surface area contributed by atoms with Crippen molar-refractivity contribution in [3.63, 3.8) is 0 Å². The summed E-state index contributed by atoms with van der Waals surface area (Å²) in [5.41, 5.74) is 0.782. The second-order valence-electron chi connectivity index (χ2n) is 7.54. The monoisotopic (exact) mass is 461 g/mol. The lowest BCUT2D eigenvalue weighted by Crippen LogP contribution is -2.34. The Hall–Kier alpha value is -3.18. The first-order valence-corrected chi connectivity index (χ1v) is 11.0. The number of carboxylic acids is 1. The fourth-order valence-electron chi connectivity index (χ4n) is 3.73. The molecule has 170 valence electrons. The molecule has 11 heteroatoms. The van der Waals surface area contributed by atoms with Gasteiger partial charge in [0, 0.05) is 30.7 Å². The van der Waals surface area contributed by atoms with Crippen LogP contribution in [0.3, 0.4) is 0 Å². The Morgan fingerprint density at radius 2 is 2.22 bits per heavy atom. The molecule has 2 atom stereocenters. The number of anilines is 1. The lowest BCUT2D eigenvalue weighted by atomic mass is 9.98. The van der Waals surface area contributed by atoms with Crippen molar-refractivity contribution < 1.29 is 33.7 Å². The van der Waals surface area contributed by atoms with Gasteiger partial charge in [-0.1, -0.05) is 6.07 Å². The van der Waals surface area contributed by atoms with Crippen molar-refractivity contribution >= 4 is 34.3 Å². The fraction of sp³-hybridized carbons (Fsp3) is 0.429. The smallest absolute Gasteiger partial charge is 0.355 e. The van der Waals surface area contributed by atoms with Crippen LogP contribution in [0.2, 0.25) is 0 Å². The number of methoxy groups -OCH3 is 1. The number of benzene rings is 1. The summed E-state index contributed by atoms with van der Waals surface area (Å²) in [7, 11) is 1.57. The van der Waals surface area contributed by atoms with Gasteiger partial charge in [0.25, 0.3) is 0 Å². The van der Waals surface area contributed by atoms with E-state index in [9.17, 15) is 14.4 Å². The number of nitrogens with one attached hydrogen (secondary N) is 1. The van der Waals surface area contributed by atoms with E-state index in [-0.39, 0.29) is 41.9 Å². The molecule has 32 heavy (non-hydrogen) atoms. The molecule has 0 saturated carbocycles. The van der Waals surface area contributed by atoms with E-state index in [0.717, 1.165) is 29.7 Å². The van der Waals surface area contributed by atoms with Gasteiger partial charge in [-0.2, -0.15) is 0 Å². The van der Waals surface area contributed by atoms with E-state index in [1.54, 1.807) is 7.11 Å². The molecule has 0 aliphatic carbocycles. The highest BCUT2D eigenvalue weighted by atomic mass is 32.1. The number of hydrogen-bond donors (Lipinski definition) is 2. The van der Waals surface area contributed by atoms with Crippen molar-refractivity contribution in [2.24, 2.45) is 0 Å². The predicted octanol–water partition coefficient (Wildman–Crippen LogP) is 2.32. The third-order valence-corrected chi connectivity index (χ3v) is 6.08. The van der Waals surface area contributed by atoms with Crippen molar-refractivity contribution in [3.8, 4) is 11.5 Å². The second-order valence-corrected chi connectivity index (χ2v) is 8.40. The highest BCUT2D eigenvalue weighted by Crippen LogP contribution is 2.36. The standard InChI is InChI=1S/C21H23N3O7S/c1-29-15-5-4-12(7-16(15)31-19-3-2-6-30-19)13-8-18(26)24(9-13)10-17(25)23-21-22-14(11-32-21)20(27)28/h4-5,7,11,13,19H,2-3,6,8-10H2,1H3,(H,27,28)(H,22,23,25)/t13-,19?/m1/s1. The molecule has 10 nitrogen and oxygen atoms in total. The highest BCUT2D eigenvalue weighted by molar-refractivity contribution is 7.14.